The Morgan fingerprint density at radius 3 is 2.72 bits per heavy atom. The highest BCUT2D eigenvalue weighted by atomic mass is 79.9. The Balaban J connectivity index is 1.93. The second-order valence-corrected chi connectivity index (χ2v) is 5.70. The molecule has 0 radical (unpaired) electrons. The first-order chi connectivity index (χ1) is 12.1. The molecule has 0 saturated carbocycles. The standard InChI is InChI=1S/C18H19BrN2O4/c1-3-24-16-9-8-14(23-2)10-13(16)11-20-21-18(22)12-25-17-7-5-4-6-15(17)19/h4-11H,3,12H2,1-2H3,(H,21,22)/b20-11-. The predicted octanol–water partition coefficient (Wildman–Crippen LogP) is 3.39. The third-order valence-corrected chi connectivity index (χ3v) is 3.76. The van der Waals surface area contributed by atoms with Crippen molar-refractivity contribution in [1.82, 2.24) is 5.43 Å². The maximum Gasteiger partial charge on any atom is 0.277 e. The molecule has 0 aromatic heterocycles. The van der Waals surface area contributed by atoms with E-state index in [1.165, 1.54) is 6.21 Å². The zero-order chi connectivity index (χ0) is 18.1. The van der Waals surface area contributed by atoms with E-state index in [0.717, 1.165) is 4.47 Å². The molecule has 0 unspecified atom stereocenters. The number of para-hydroxylation sites is 1. The first-order valence-electron chi connectivity index (χ1n) is 7.64. The van der Waals surface area contributed by atoms with Crippen LogP contribution < -0.4 is 19.6 Å². The quantitative estimate of drug-likeness (QED) is 0.538. The van der Waals surface area contributed by atoms with Crippen molar-refractivity contribution < 1.29 is 19.0 Å². The number of methoxy groups -OCH3 is 1. The van der Waals surface area contributed by atoms with Crippen LogP contribution in [0.5, 0.6) is 17.2 Å². The molecule has 0 atom stereocenters. The summed E-state index contributed by atoms with van der Waals surface area (Å²) in [5.41, 5.74) is 3.12. The molecule has 7 heteroatoms. The number of hydrogen-bond donors (Lipinski definition) is 1. The van der Waals surface area contributed by atoms with Crippen LogP contribution in [0.4, 0.5) is 0 Å². The van der Waals surface area contributed by atoms with E-state index in [2.05, 4.69) is 26.5 Å². The molecular weight excluding hydrogens is 388 g/mol. The van der Waals surface area contributed by atoms with Crippen LogP contribution >= 0.6 is 15.9 Å². The van der Waals surface area contributed by atoms with Gasteiger partial charge in [-0.1, -0.05) is 12.1 Å². The van der Waals surface area contributed by atoms with Gasteiger partial charge >= 0.3 is 0 Å². The summed E-state index contributed by atoms with van der Waals surface area (Å²) in [4.78, 5) is 11.8. The normalized spacial score (nSPS) is 10.5. The number of amides is 1. The predicted molar refractivity (Wildman–Crippen MR) is 99.5 cm³/mol. The molecule has 0 saturated heterocycles. The molecular formula is C18H19BrN2O4. The summed E-state index contributed by atoms with van der Waals surface area (Å²) in [6.45, 7) is 2.28. The van der Waals surface area contributed by atoms with Crippen LogP contribution in [0.15, 0.2) is 52.0 Å². The molecule has 2 aromatic carbocycles. The number of benzene rings is 2. The van der Waals surface area contributed by atoms with Crippen molar-refractivity contribution in [2.24, 2.45) is 5.10 Å². The lowest BCUT2D eigenvalue weighted by Gasteiger charge is -2.09. The summed E-state index contributed by atoms with van der Waals surface area (Å²) in [6.07, 6.45) is 1.50. The smallest absolute Gasteiger partial charge is 0.277 e. The van der Waals surface area contributed by atoms with Gasteiger partial charge in [-0.2, -0.15) is 5.10 Å². The average Bonchev–Trinajstić information content (AvgIpc) is 2.62. The van der Waals surface area contributed by atoms with E-state index in [9.17, 15) is 4.79 Å². The molecule has 1 amide bonds. The van der Waals surface area contributed by atoms with Crippen LogP contribution in [0.2, 0.25) is 0 Å². The molecule has 0 aliphatic rings. The van der Waals surface area contributed by atoms with Gasteiger partial charge < -0.3 is 14.2 Å². The third kappa shape index (κ3) is 5.79. The van der Waals surface area contributed by atoms with Crippen LogP contribution in [0.25, 0.3) is 0 Å². The van der Waals surface area contributed by atoms with E-state index in [0.29, 0.717) is 29.4 Å². The van der Waals surface area contributed by atoms with E-state index < -0.39 is 0 Å². The van der Waals surface area contributed by atoms with Gasteiger partial charge in [-0.05, 0) is 53.2 Å². The number of halogens is 1. The van der Waals surface area contributed by atoms with Gasteiger partial charge in [-0.3, -0.25) is 4.79 Å². The first-order valence-corrected chi connectivity index (χ1v) is 8.43. The van der Waals surface area contributed by atoms with Crippen LogP contribution in [-0.2, 0) is 4.79 Å². The molecule has 1 N–H and O–H groups in total. The highest BCUT2D eigenvalue weighted by Gasteiger charge is 2.06. The van der Waals surface area contributed by atoms with E-state index in [4.69, 9.17) is 14.2 Å². The summed E-state index contributed by atoms with van der Waals surface area (Å²) in [5.74, 6) is 1.56. The van der Waals surface area contributed by atoms with Gasteiger partial charge in [0.15, 0.2) is 6.61 Å². The summed E-state index contributed by atoms with van der Waals surface area (Å²) in [5, 5.41) is 3.94. The number of carbonyl (C=O) groups is 1. The van der Waals surface area contributed by atoms with Gasteiger partial charge in [0.05, 0.1) is 24.4 Å². The zero-order valence-electron chi connectivity index (χ0n) is 14.0. The van der Waals surface area contributed by atoms with Crippen molar-refractivity contribution in [2.45, 2.75) is 6.92 Å². The van der Waals surface area contributed by atoms with Crippen molar-refractivity contribution in [2.75, 3.05) is 20.3 Å². The lowest BCUT2D eigenvalue weighted by molar-refractivity contribution is -0.123. The van der Waals surface area contributed by atoms with Gasteiger partial charge in [0.1, 0.15) is 17.2 Å². The fourth-order valence-corrected chi connectivity index (χ4v) is 2.35. The van der Waals surface area contributed by atoms with E-state index in [1.807, 2.05) is 25.1 Å². The van der Waals surface area contributed by atoms with Crippen LogP contribution in [0, 0.1) is 0 Å². The van der Waals surface area contributed by atoms with Gasteiger partial charge in [0, 0.05) is 5.56 Å². The lowest BCUT2D eigenvalue weighted by atomic mass is 10.2. The van der Waals surface area contributed by atoms with Gasteiger partial charge in [-0.25, -0.2) is 5.43 Å². The number of hydrazone groups is 1. The number of ether oxygens (including phenoxy) is 3. The monoisotopic (exact) mass is 406 g/mol. The maximum atomic E-state index is 11.8. The van der Waals surface area contributed by atoms with Crippen molar-refractivity contribution in [3.05, 3.63) is 52.5 Å². The van der Waals surface area contributed by atoms with Crippen molar-refractivity contribution in [3.8, 4) is 17.2 Å². The topological polar surface area (TPSA) is 69.2 Å². The lowest BCUT2D eigenvalue weighted by Crippen LogP contribution is -2.24. The molecule has 0 aliphatic heterocycles. The van der Waals surface area contributed by atoms with Crippen molar-refractivity contribution >= 4 is 28.1 Å². The van der Waals surface area contributed by atoms with E-state index >= 15 is 0 Å². The Labute approximate surface area is 154 Å². The molecule has 2 aromatic rings. The maximum absolute atomic E-state index is 11.8. The minimum atomic E-state index is -0.368. The van der Waals surface area contributed by atoms with Gasteiger partial charge in [-0.15, -0.1) is 0 Å². The van der Waals surface area contributed by atoms with Crippen LogP contribution in [-0.4, -0.2) is 32.4 Å². The molecule has 2 rings (SSSR count). The number of nitrogens with one attached hydrogen (secondary N) is 1. The molecule has 0 fully saturated rings. The summed E-state index contributed by atoms with van der Waals surface area (Å²) in [7, 11) is 1.58. The van der Waals surface area contributed by atoms with Crippen LogP contribution in [0.3, 0.4) is 0 Å². The Hall–Kier alpha value is -2.54. The molecule has 132 valence electrons. The van der Waals surface area contributed by atoms with Crippen molar-refractivity contribution in [1.29, 1.82) is 0 Å². The Morgan fingerprint density at radius 2 is 2.00 bits per heavy atom. The fraction of sp³-hybridized carbons (Fsp3) is 0.222. The second-order valence-electron chi connectivity index (χ2n) is 4.85. The molecule has 6 nitrogen and oxygen atoms in total. The zero-order valence-corrected chi connectivity index (χ0v) is 15.6. The van der Waals surface area contributed by atoms with Gasteiger partial charge in [0.2, 0.25) is 0 Å². The number of carbonyl (C=O) groups excluding carboxylic acids is 1. The molecule has 25 heavy (non-hydrogen) atoms. The van der Waals surface area contributed by atoms with Gasteiger partial charge in [0.25, 0.3) is 5.91 Å². The fourth-order valence-electron chi connectivity index (χ4n) is 1.95. The number of hydrogen-bond acceptors (Lipinski definition) is 5. The Kier molecular flexibility index (Phi) is 7.28. The third-order valence-electron chi connectivity index (χ3n) is 3.11. The minimum Gasteiger partial charge on any atom is -0.497 e. The minimum absolute atomic E-state index is 0.142. The number of rotatable bonds is 8. The largest absolute Gasteiger partial charge is 0.497 e. The number of nitrogens with zero attached hydrogens (tertiary/aromatic N) is 1. The molecule has 0 bridgehead atoms. The SMILES string of the molecule is CCOc1ccc(OC)cc1/C=N\NC(=O)COc1ccccc1Br. The van der Waals surface area contributed by atoms with Crippen molar-refractivity contribution in [3.63, 3.8) is 0 Å². The molecule has 0 spiro atoms. The van der Waals surface area contributed by atoms with Crippen LogP contribution in [0.1, 0.15) is 12.5 Å². The summed E-state index contributed by atoms with van der Waals surface area (Å²) >= 11 is 3.35. The van der Waals surface area contributed by atoms with E-state index in [-0.39, 0.29) is 12.5 Å². The highest BCUT2D eigenvalue weighted by molar-refractivity contribution is 9.10. The summed E-state index contributed by atoms with van der Waals surface area (Å²) < 4.78 is 16.9. The molecule has 0 aliphatic carbocycles. The average molecular weight is 407 g/mol. The second kappa shape index (κ2) is 9.68. The summed E-state index contributed by atoms with van der Waals surface area (Å²) in [6, 6.07) is 12.7. The van der Waals surface area contributed by atoms with E-state index in [1.54, 1.807) is 31.4 Å². The Bertz CT molecular complexity index is 750. The first kappa shape index (κ1) is 18.8. The Morgan fingerprint density at radius 1 is 1.20 bits per heavy atom. The highest BCUT2D eigenvalue weighted by Crippen LogP contribution is 2.24. The molecule has 0 heterocycles.